The minimum absolute atomic E-state index is 0.294. The van der Waals surface area contributed by atoms with E-state index in [1.807, 2.05) is 18.2 Å². The van der Waals surface area contributed by atoms with E-state index in [4.69, 9.17) is 0 Å². The second-order valence-electron chi connectivity index (χ2n) is 4.31. The average molecular weight is 231 g/mol. The molecular weight excluding hydrogens is 216 g/mol. The third-order valence-corrected chi connectivity index (χ3v) is 3.50. The van der Waals surface area contributed by atoms with Crippen LogP contribution in [-0.2, 0) is 4.43 Å². The first-order chi connectivity index (χ1) is 7.83. The Bertz CT molecular complexity index is 370. The van der Waals surface area contributed by atoms with Gasteiger partial charge in [-0.1, -0.05) is 37.5 Å². The van der Waals surface area contributed by atoms with E-state index in [-0.39, 0.29) is 5.97 Å². The van der Waals surface area contributed by atoms with Crippen molar-refractivity contribution in [1.29, 1.82) is 0 Å². The van der Waals surface area contributed by atoms with E-state index in [1.165, 1.54) is 32.1 Å². The fourth-order valence-corrected chi connectivity index (χ4v) is 2.62. The van der Waals surface area contributed by atoms with Gasteiger partial charge in [-0.25, -0.2) is 4.79 Å². The minimum atomic E-state index is -0.294. The highest BCUT2D eigenvalue weighted by molar-refractivity contribution is 6.09. The van der Waals surface area contributed by atoms with Crippen molar-refractivity contribution in [2.75, 3.05) is 0 Å². The van der Waals surface area contributed by atoms with Gasteiger partial charge in [0.05, 0.1) is 5.56 Å². The Kier molecular flexibility index (Phi) is 3.77. The second kappa shape index (κ2) is 5.30. The topological polar surface area (TPSA) is 26.3 Å². The number of carbonyl (C=O) groups is 1. The van der Waals surface area contributed by atoms with Crippen molar-refractivity contribution in [2.24, 2.45) is 0 Å². The second-order valence-corrected chi connectivity index (χ2v) is 4.52. The standard InChI is InChI=1S/C13H15O2Si/c14-13(15-16)12-9-5-4-8-11(12)10-6-2-1-3-7-10/h4-5,8-10H,1-3,6-7H2. The lowest BCUT2D eigenvalue weighted by Gasteiger charge is -2.23. The number of benzene rings is 1. The lowest BCUT2D eigenvalue weighted by molar-refractivity contribution is 0.0747. The van der Waals surface area contributed by atoms with Crippen molar-refractivity contribution in [2.45, 2.75) is 38.0 Å². The van der Waals surface area contributed by atoms with Crippen LogP contribution in [0.1, 0.15) is 53.9 Å². The zero-order chi connectivity index (χ0) is 11.4. The summed E-state index contributed by atoms with van der Waals surface area (Å²) in [5.74, 6) is 0.230. The van der Waals surface area contributed by atoms with Crippen LogP contribution in [0, 0.1) is 0 Å². The lowest BCUT2D eigenvalue weighted by Crippen LogP contribution is -2.12. The maximum atomic E-state index is 11.6. The Balaban J connectivity index is 2.28. The number of hydrogen-bond acceptors (Lipinski definition) is 2. The minimum Gasteiger partial charge on any atom is -0.513 e. The van der Waals surface area contributed by atoms with Gasteiger partial charge in [0, 0.05) is 0 Å². The van der Waals surface area contributed by atoms with E-state index < -0.39 is 0 Å². The predicted molar refractivity (Wildman–Crippen MR) is 63.4 cm³/mol. The van der Waals surface area contributed by atoms with Crippen molar-refractivity contribution in [3.63, 3.8) is 0 Å². The fraction of sp³-hybridized carbons (Fsp3) is 0.462. The van der Waals surface area contributed by atoms with Gasteiger partial charge >= 0.3 is 16.5 Å². The van der Waals surface area contributed by atoms with Crippen molar-refractivity contribution in [3.8, 4) is 0 Å². The predicted octanol–water partition coefficient (Wildman–Crippen LogP) is 2.97. The van der Waals surface area contributed by atoms with Crippen LogP contribution >= 0.6 is 0 Å². The van der Waals surface area contributed by atoms with Crippen LogP contribution < -0.4 is 0 Å². The third kappa shape index (κ3) is 2.35. The molecule has 83 valence electrons. The number of rotatable bonds is 2. The first kappa shape index (κ1) is 11.4. The van der Waals surface area contributed by atoms with Crippen molar-refractivity contribution >= 4 is 16.5 Å². The van der Waals surface area contributed by atoms with Crippen molar-refractivity contribution in [1.82, 2.24) is 0 Å². The summed E-state index contributed by atoms with van der Waals surface area (Å²) in [6.07, 6.45) is 6.23. The molecule has 3 heteroatoms. The summed E-state index contributed by atoms with van der Waals surface area (Å²) in [5, 5.41) is 0. The molecule has 0 bridgehead atoms. The van der Waals surface area contributed by atoms with Gasteiger partial charge in [0.25, 0.3) is 0 Å². The average Bonchev–Trinajstić information content (AvgIpc) is 2.39. The van der Waals surface area contributed by atoms with E-state index in [1.54, 1.807) is 0 Å². The van der Waals surface area contributed by atoms with Gasteiger partial charge < -0.3 is 4.43 Å². The maximum Gasteiger partial charge on any atom is 0.345 e. The summed E-state index contributed by atoms with van der Waals surface area (Å²) in [7, 11) is 2.81. The molecule has 0 atom stereocenters. The van der Waals surface area contributed by atoms with Crippen LogP contribution in [-0.4, -0.2) is 16.5 Å². The molecule has 0 aromatic heterocycles. The van der Waals surface area contributed by atoms with Gasteiger partial charge in [0.2, 0.25) is 0 Å². The summed E-state index contributed by atoms with van der Waals surface area (Å²) >= 11 is 0. The van der Waals surface area contributed by atoms with E-state index in [2.05, 4.69) is 21.0 Å². The van der Waals surface area contributed by atoms with Gasteiger partial charge in [-0.05, 0) is 30.4 Å². The molecule has 1 saturated carbocycles. The normalized spacial score (nSPS) is 17.1. The fourth-order valence-electron chi connectivity index (χ4n) is 2.51. The molecule has 16 heavy (non-hydrogen) atoms. The Morgan fingerprint density at radius 1 is 1.19 bits per heavy atom. The van der Waals surface area contributed by atoms with Crippen molar-refractivity contribution in [3.05, 3.63) is 35.4 Å². The summed E-state index contributed by atoms with van der Waals surface area (Å²) in [6.45, 7) is 0. The Morgan fingerprint density at radius 2 is 1.88 bits per heavy atom. The molecule has 0 N–H and O–H groups in total. The van der Waals surface area contributed by atoms with Gasteiger partial charge in [0.1, 0.15) is 0 Å². The third-order valence-electron chi connectivity index (χ3n) is 3.32. The van der Waals surface area contributed by atoms with Crippen LogP contribution in [0.5, 0.6) is 0 Å². The molecule has 1 fully saturated rings. The smallest absolute Gasteiger partial charge is 0.345 e. The molecule has 2 nitrogen and oxygen atoms in total. The lowest BCUT2D eigenvalue weighted by atomic mass is 9.82. The molecular formula is C13H15O2Si. The molecule has 0 aliphatic heterocycles. The Labute approximate surface area is 99.5 Å². The van der Waals surface area contributed by atoms with Crippen LogP contribution in [0.15, 0.2) is 24.3 Å². The molecule has 0 saturated heterocycles. The first-order valence-corrected chi connectivity index (χ1v) is 6.20. The van der Waals surface area contributed by atoms with Crippen LogP contribution in [0.2, 0.25) is 0 Å². The van der Waals surface area contributed by atoms with Gasteiger partial charge in [-0.2, -0.15) is 0 Å². The highest BCUT2D eigenvalue weighted by Crippen LogP contribution is 2.34. The summed E-state index contributed by atoms with van der Waals surface area (Å²) < 4.78 is 4.63. The largest absolute Gasteiger partial charge is 0.513 e. The molecule has 1 aliphatic rings. The molecule has 0 spiro atoms. The quantitative estimate of drug-likeness (QED) is 0.731. The molecule has 1 aliphatic carbocycles. The summed E-state index contributed by atoms with van der Waals surface area (Å²) in [5.41, 5.74) is 1.84. The molecule has 1 aromatic rings. The van der Waals surface area contributed by atoms with E-state index in [0.717, 1.165) is 5.56 Å². The van der Waals surface area contributed by atoms with Gasteiger partial charge in [-0.3, -0.25) is 0 Å². The van der Waals surface area contributed by atoms with Crippen molar-refractivity contribution < 1.29 is 9.22 Å². The van der Waals surface area contributed by atoms with Crippen LogP contribution in [0.3, 0.4) is 0 Å². The van der Waals surface area contributed by atoms with E-state index in [0.29, 0.717) is 11.5 Å². The molecule has 2 rings (SSSR count). The van der Waals surface area contributed by atoms with Crippen LogP contribution in [0.25, 0.3) is 0 Å². The Morgan fingerprint density at radius 3 is 2.56 bits per heavy atom. The van der Waals surface area contributed by atoms with E-state index in [9.17, 15) is 4.79 Å². The van der Waals surface area contributed by atoms with Crippen LogP contribution in [0.4, 0.5) is 0 Å². The SMILES string of the molecule is O=C(O[Si])c1ccccc1C1CCCCC1. The monoisotopic (exact) mass is 231 g/mol. The number of hydrogen-bond donors (Lipinski definition) is 0. The molecule has 3 radical (unpaired) electrons. The molecule has 0 heterocycles. The highest BCUT2D eigenvalue weighted by atomic mass is 28.2. The van der Waals surface area contributed by atoms with Gasteiger partial charge in [-0.15, -0.1) is 0 Å². The molecule has 0 amide bonds. The molecule has 1 aromatic carbocycles. The zero-order valence-electron chi connectivity index (χ0n) is 9.24. The van der Waals surface area contributed by atoms with Gasteiger partial charge in [0.15, 0.2) is 0 Å². The maximum absolute atomic E-state index is 11.6. The zero-order valence-corrected chi connectivity index (χ0v) is 10.2. The highest BCUT2D eigenvalue weighted by Gasteiger charge is 2.20. The summed E-state index contributed by atoms with van der Waals surface area (Å²) in [6, 6.07) is 7.76. The van der Waals surface area contributed by atoms with E-state index >= 15 is 0 Å². The molecule has 0 unspecified atom stereocenters. The summed E-state index contributed by atoms with van der Waals surface area (Å²) in [4.78, 5) is 11.6. The Hall–Kier alpha value is -1.09. The first-order valence-electron chi connectivity index (χ1n) is 5.79. The number of carbonyl (C=O) groups excluding carboxylic acids is 1.